The van der Waals surface area contributed by atoms with Gasteiger partial charge in [-0.15, -0.1) is 0 Å². The summed E-state index contributed by atoms with van der Waals surface area (Å²) in [6.07, 6.45) is 0.921. The molecular weight excluding hydrogens is 224 g/mol. The first-order chi connectivity index (χ1) is 7.70. The summed E-state index contributed by atoms with van der Waals surface area (Å²) in [5.41, 5.74) is 1.10. The van der Waals surface area contributed by atoms with E-state index < -0.39 is 0 Å². The van der Waals surface area contributed by atoms with Crippen molar-refractivity contribution in [2.75, 3.05) is 13.1 Å². The number of amides is 1. The van der Waals surface area contributed by atoms with Gasteiger partial charge in [-0.25, -0.2) is 0 Å². The summed E-state index contributed by atoms with van der Waals surface area (Å²) in [5, 5.41) is 6.82. The lowest BCUT2D eigenvalue weighted by molar-refractivity contribution is -0.118. The van der Waals surface area contributed by atoms with Crippen LogP contribution in [0.5, 0.6) is 0 Å². The van der Waals surface area contributed by atoms with Crippen LogP contribution in [0.3, 0.4) is 0 Å². The molecule has 0 fully saturated rings. The van der Waals surface area contributed by atoms with E-state index in [0.717, 1.165) is 30.1 Å². The van der Waals surface area contributed by atoms with Crippen LogP contribution < -0.4 is 10.6 Å². The quantitative estimate of drug-likeness (QED) is 0.747. The van der Waals surface area contributed by atoms with Crippen molar-refractivity contribution in [3.05, 3.63) is 34.9 Å². The highest BCUT2D eigenvalue weighted by molar-refractivity contribution is 6.31. The number of halogens is 1. The zero-order chi connectivity index (χ0) is 11.8. The fraction of sp³-hybridized carbons (Fsp3) is 0.417. The van der Waals surface area contributed by atoms with E-state index in [1.165, 1.54) is 6.92 Å². The highest BCUT2D eigenvalue weighted by atomic mass is 35.5. The van der Waals surface area contributed by atoms with Crippen molar-refractivity contribution in [3.8, 4) is 0 Å². The van der Waals surface area contributed by atoms with Gasteiger partial charge in [-0.05, 0) is 24.6 Å². The second kappa shape index (κ2) is 7.25. The lowest BCUT2D eigenvalue weighted by Gasteiger charge is -2.06. The first kappa shape index (κ1) is 13.0. The Morgan fingerprint density at radius 3 is 2.75 bits per heavy atom. The lowest BCUT2D eigenvalue weighted by Crippen LogP contribution is -2.25. The van der Waals surface area contributed by atoms with Gasteiger partial charge in [0.15, 0.2) is 0 Å². The Labute approximate surface area is 101 Å². The summed E-state index contributed by atoms with van der Waals surface area (Å²) in [5.74, 6) is 0.0195. The van der Waals surface area contributed by atoms with E-state index in [2.05, 4.69) is 10.6 Å². The number of hydrogen-bond acceptors (Lipinski definition) is 2. The van der Waals surface area contributed by atoms with Gasteiger partial charge in [0.05, 0.1) is 0 Å². The fourth-order valence-corrected chi connectivity index (χ4v) is 1.55. The molecule has 0 unspecified atom stereocenters. The highest BCUT2D eigenvalue weighted by Crippen LogP contribution is 2.13. The predicted molar refractivity (Wildman–Crippen MR) is 66.5 cm³/mol. The van der Waals surface area contributed by atoms with Gasteiger partial charge in [0.2, 0.25) is 5.91 Å². The normalized spacial score (nSPS) is 10.1. The van der Waals surface area contributed by atoms with Crippen LogP contribution in [0.2, 0.25) is 5.02 Å². The summed E-state index contributed by atoms with van der Waals surface area (Å²) < 4.78 is 0. The minimum Gasteiger partial charge on any atom is -0.356 e. The van der Waals surface area contributed by atoms with Crippen LogP contribution in [0.15, 0.2) is 24.3 Å². The molecule has 0 aliphatic heterocycles. The van der Waals surface area contributed by atoms with Gasteiger partial charge in [0, 0.05) is 25.0 Å². The molecule has 1 amide bonds. The van der Waals surface area contributed by atoms with E-state index >= 15 is 0 Å². The lowest BCUT2D eigenvalue weighted by atomic mass is 10.2. The molecule has 3 nitrogen and oxygen atoms in total. The Morgan fingerprint density at radius 1 is 1.31 bits per heavy atom. The Balaban J connectivity index is 2.12. The maximum absolute atomic E-state index is 10.6. The number of carbonyl (C=O) groups excluding carboxylic acids is 1. The molecule has 0 aliphatic carbocycles. The van der Waals surface area contributed by atoms with Crippen LogP contribution in [0.25, 0.3) is 0 Å². The molecule has 0 saturated heterocycles. The molecule has 1 rings (SSSR count). The van der Waals surface area contributed by atoms with Gasteiger partial charge >= 0.3 is 0 Å². The zero-order valence-electron chi connectivity index (χ0n) is 9.42. The SMILES string of the molecule is CC(=O)NCCCNCc1ccccc1Cl. The topological polar surface area (TPSA) is 41.1 Å². The highest BCUT2D eigenvalue weighted by Gasteiger charge is 1.97. The summed E-state index contributed by atoms with van der Waals surface area (Å²) in [6, 6.07) is 7.78. The van der Waals surface area contributed by atoms with Crippen LogP contribution in [0.1, 0.15) is 18.9 Å². The molecule has 1 aromatic rings. The third-order valence-electron chi connectivity index (χ3n) is 2.18. The van der Waals surface area contributed by atoms with Crippen LogP contribution in [-0.4, -0.2) is 19.0 Å². The second-order valence-corrected chi connectivity index (χ2v) is 4.01. The summed E-state index contributed by atoms with van der Waals surface area (Å²) in [7, 11) is 0. The largest absolute Gasteiger partial charge is 0.356 e. The van der Waals surface area contributed by atoms with Gasteiger partial charge in [-0.3, -0.25) is 4.79 Å². The van der Waals surface area contributed by atoms with Crippen molar-refractivity contribution < 1.29 is 4.79 Å². The molecule has 0 atom stereocenters. The number of hydrogen-bond donors (Lipinski definition) is 2. The van der Waals surface area contributed by atoms with Crippen molar-refractivity contribution >= 4 is 17.5 Å². The van der Waals surface area contributed by atoms with Crippen molar-refractivity contribution in [1.29, 1.82) is 0 Å². The molecule has 0 saturated carbocycles. The van der Waals surface area contributed by atoms with Crippen molar-refractivity contribution in [1.82, 2.24) is 10.6 Å². The Kier molecular flexibility index (Phi) is 5.90. The maximum Gasteiger partial charge on any atom is 0.216 e. The molecule has 0 heterocycles. The molecule has 0 aliphatic rings. The standard InChI is InChI=1S/C12H17ClN2O/c1-10(16)15-8-4-7-14-9-11-5-2-3-6-12(11)13/h2-3,5-6,14H,4,7-9H2,1H3,(H,15,16). The molecule has 88 valence electrons. The summed E-state index contributed by atoms with van der Waals surface area (Å²) >= 11 is 6.01. The van der Waals surface area contributed by atoms with E-state index in [0.29, 0.717) is 6.54 Å². The first-order valence-corrected chi connectivity index (χ1v) is 5.76. The van der Waals surface area contributed by atoms with Crippen LogP contribution >= 0.6 is 11.6 Å². The Hall–Kier alpha value is -1.06. The van der Waals surface area contributed by atoms with Crippen molar-refractivity contribution in [2.45, 2.75) is 19.9 Å². The van der Waals surface area contributed by atoms with Crippen LogP contribution in [-0.2, 0) is 11.3 Å². The van der Waals surface area contributed by atoms with Gasteiger partial charge in [0.1, 0.15) is 0 Å². The number of benzene rings is 1. The van der Waals surface area contributed by atoms with Gasteiger partial charge in [-0.2, -0.15) is 0 Å². The van der Waals surface area contributed by atoms with E-state index in [-0.39, 0.29) is 5.91 Å². The first-order valence-electron chi connectivity index (χ1n) is 5.38. The van der Waals surface area contributed by atoms with E-state index in [1.807, 2.05) is 24.3 Å². The average molecular weight is 241 g/mol. The molecule has 0 spiro atoms. The van der Waals surface area contributed by atoms with Crippen LogP contribution in [0, 0.1) is 0 Å². The number of carbonyl (C=O) groups is 1. The van der Waals surface area contributed by atoms with Crippen molar-refractivity contribution in [2.24, 2.45) is 0 Å². The van der Waals surface area contributed by atoms with Gasteiger partial charge in [0.25, 0.3) is 0 Å². The van der Waals surface area contributed by atoms with E-state index in [9.17, 15) is 4.79 Å². The zero-order valence-corrected chi connectivity index (χ0v) is 10.2. The second-order valence-electron chi connectivity index (χ2n) is 3.60. The van der Waals surface area contributed by atoms with E-state index in [1.54, 1.807) is 0 Å². The Bertz CT molecular complexity index is 342. The smallest absolute Gasteiger partial charge is 0.216 e. The third kappa shape index (κ3) is 5.14. The Morgan fingerprint density at radius 2 is 2.06 bits per heavy atom. The number of rotatable bonds is 6. The van der Waals surface area contributed by atoms with Gasteiger partial charge in [-0.1, -0.05) is 29.8 Å². The summed E-state index contributed by atoms with van der Waals surface area (Å²) in [6.45, 7) is 3.87. The molecule has 4 heteroatoms. The van der Waals surface area contributed by atoms with Crippen LogP contribution in [0.4, 0.5) is 0 Å². The molecule has 0 bridgehead atoms. The van der Waals surface area contributed by atoms with Crippen molar-refractivity contribution in [3.63, 3.8) is 0 Å². The maximum atomic E-state index is 10.6. The predicted octanol–water partition coefficient (Wildman–Crippen LogP) is 1.96. The molecule has 0 radical (unpaired) electrons. The number of nitrogens with one attached hydrogen (secondary N) is 2. The molecule has 16 heavy (non-hydrogen) atoms. The fourth-order valence-electron chi connectivity index (χ4n) is 1.34. The minimum atomic E-state index is 0.0195. The monoisotopic (exact) mass is 240 g/mol. The molecule has 1 aromatic carbocycles. The van der Waals surface area contributed by atoms with Gasteiger partial charge < -0.3 is 10.6 Å². The minimum absolute atomic E-state index is 0.0195. The molecule has 2 N–H and O–H groups in total. The third-order valence-corrected chi connectivity index (χ3v) is 2.55. The molecular formula is C12H17ClN2O. The summed E-state index contributed by atoms with van der Waals surface area (Å²) in [4.78, 5) is 10.6. The molecule has 0 aromatic heterocycles. The average Bonchev–Trinajstić information content (AvgIpc) is 2.25. The van der Waals surface area contributed by atoms with E-state index in [4.69, 9.17) is 11.6 Å².